The first-order chi connectivity index (χ1) is 16.1. The molecule has 3 aromatic rings. The molecule has 0 spiro atoms. The third kappa shape index (κ3) is 6.18. The van der Waals surface area contributed by atoms with Crippen molar-refractivity contribution in [2.24, 2.45) is 5.10 Å². The second kappa shape index (κ2) is 11.1. The van der Waals surface area contributed by atoms with E-state index < -0.39 is 40.7 Å². The van der Waals surface area contributed by atoms with Gasteiger partial charge >= 0.3 is 0 Å². The molecule has 0 aliphatic rings. The van der Waals surface area contributed by atoms with Gasteiger partial charge in [0.2, 0.25) is 10.0 Å². The minimum Gasteiger partial charge on any atom is -0.272 e. The summed E-state index contributed by atoms with van der Waals surface area (Å²) < 4.78 is 55.5. The van der Waals surface area contributed by atoms with E-state index in [1.165, 1.54) is 42.5 Å². The molecule has 0 saturated carbocycles. The summed E-state index contributed by atoms with van der Waals surface area (Å²) in [6, 6.07) is 13.9. The second-order valence-corrected chi connectivity index (χ2v) is 9.97. The van der Waals surface area contributed by atoms with Crippen LogP contribution in [0.1, 0.15) is 16.7 Å². The number of benzene rings is 3. The van der Waals surface area contributed by atoms with Gasteiger partial charge < -0.3 is 0 Å². The van der Waals surface area contributed by atoms with Gasteiger partial charge in [0.05, 0.1) is 22.7 Å². The van der Waals surface area contributed by atoms with E-state index in [9.17, 15) is 22.0 Å². The highest BCUT2D eigenvalue weighted by molar-refractivity contribution is 7.89. The highest BCUT2D eigenvalue weighted by Gasteiger charge is 2.28. The van der Waals surface area contributed by atoms with Gasteiger partial charge in [-0.1, -0.05) is 53.0 Å². The molecule has 0 aliphatic heterocycles. The molecule has 0 fully saturated rings. The van der Waals surface area contributed by atoms with Crippen molar-refractivity contribution in [3.05, 3.63) is 99.0 Å². The zero-order valence-electron chi connectivity index (χ0n) is 17.8. The van der Waals surface area contributed by atoms with Crippen LogP contribution in [-0.4, -0.2) is 31.4 Å². The van der Waals surface area contributed by atoms with Crippen LogP contribution in [-0.2, 0) is 21.4 Å². The fourth-order valence-electron chi connectivity index (χ4n) is 2.94. The summed E-state index contributed by atoms with van der Waals surface area (Å²) in [6.07, 6.45) is 1.00. The lowest BCUT2D eigenvalue weighted by atomic mass is 10.2. The van der Waals surface area contributed by atoms with Crippen molar-refractivity contribution in [1.29, 1.82) is 0 Å². The molecule has 34 heavy (non-hydrogen) atoms. The number of nitrogens with zero attached hydrogens (tertiary/aromatic N) is 2. The van der Waals surface area contributed by atoms with Crippen LogP contribution in [0.2, 0.25) is 10.0 Å². The van der Waals surface area contributed by atoms with Crippen molar-refractivity contribution < 1.29 is 22.0 Å². The lowest BCUT2D eigenvalue weighted by Crippen LogP contribution is -2.39. The molecule has 178 valence electrons. The average molecular weight is 526 g/mol. The van der Waals surface area contributed by atoms with Gasteiger partial charge in [-0.25, -0.2) is 22.6 Å². The van der Waals surface area contributed by atoms with Gasteiger partial charge in [-0.2, -0.15) is 9.41 Å². The molecule has 0 aliphatic carbocycles. The van der Waals surface area contributed by atoms with Crippen LogP contribution in [0, 0.1) is 18.6 Å². The minimum atomic E-state index is -4.22. The first-order valence-corrected chi connectivity index (χ1v) is 12.0. The number of halogens is 4. The Kier molecular flexibility index (Phi) is 8.37. The third-order valence-electron chi connectivity index (χ3n) is 4.76. The normalized spacial score (nSPS) is 11.8. The summed E-state index contributed by atoms with van der Waals surface area (Å²) >= 11 is 12.0. The molecule has 3 aromatic carbocycles. The summed E-state index contributed by atoms with van der Waals surface area (Å²) in [5.74, 6) is -2.21. The number of hydrogen-bond donors (Lipinski definition) is 1. The van der Waals surface area contributed by atoms with Gasteiger partial charge in [-0.15, -0.1) is 0 Å². The van der Waals surface area contributed by atoms with Crippen LogP contribution in [0.25, 0.3) is 0 Å². The quantitative estimate of drug-likeness (QED) is 0.334. The van der Waals surface area contributed by atoms with Crippen LogP contribution in [0.3, 0.4) is 0 Å². The molecule has 0 atom stereocenters. The Morgan fingerprint density at radius 1 is 1.00 bits per heavy atom. The Balaban J connectivity index is 1.86. The van der Waals surface area contributed by atoms with Crippen molar-refractivity contribution in [2.75, 3.05) is 6.54 Å². The molecule has 0 bridgehead atoms. The fourth-order valence-corrected chi connectivity index (χ4v) is 4.74. The molecule has 3 rings (SSSR count). The molecular weight excluding hydrogens is 507 g/mol. The first-order valence-electron chi connectivity index (χ1n) is 9.85. The largest absolute Gasteiger partial charge is 0.272 e. The topological polar surface area (TPSA) is 78.8 Å². The smallest absolute Gasteiger partial charge is 0.255 e. The molecule has 1 N–H and O–H groups in total. The van der Waals surface area contributed by atoms with E-state index >= 15 is 0 Å². The average Bonchev–Trinajstić information content (AvgIpc) is 2.78. The Morgan fingerprint density at radius 3 is 2.24 bits per heavy atom. The summed E-state index contributed by atoms with van der Waals surface area (Å²) in [6.45, 7) is 0.585. The van der Waals surface area contributed by atoms with E-state index in [4.69, 9.17) is 23.2 Å². The van der Waals surface area contributed by atoms with Gasteiger partial charge in [-0.05, 0) is 43.3 Å². The predicted molar refractivity (Wildman–Crippen MR) is 127 cm³/mol. The maximum absolute atomic E-state index is 14.4. The van der Waals surface area contributed by atoms with Gasteiger partial charge in [0.15, 0.2) is 0 Å². The van der Waals surface area contributed by atoms with Crippen molar-refractivity contribution in [3.63, 3.8) is 0 Å². The van der Waals surface area contributed by atoms with Crippen molar-refractivity contribution in [2.45, 2.75) is 18.4 Å². The van der Waals surface area contributed by atoms with E-state index in [1.807, 2.05) is 0 Å². The molecule has 6 nitrogen and oxygen atoms in total. The fraction of sp³-hybridized carbons (Fsp3) is 0.130. The Morgan fingerprint density at radius 2 is 1.62 bits per heavy atom. The van der Waals surface area contributed by atoms with Crippen LogP contribution >= 0.6 is 23.2 Å². The number of aryl methyl sites for hydroxylation is 1. The van der Waals surface area contributed by atoms with Crippen LogP contribution in [0.15, 0.2) is 70.7 Å². The van der Waals surface area contributed by atoms with Crippen molar-refractivity contribution in [3.8, 4) is 0 Å². The summed E-state index contributed by atoms with van der Waals surface area (Å²) in [7, 11) is -4.22. The number of carbonyl (C=O) groups is 1. The zero-order chi connectivity index (χ0) is 24.9. The molecule has 0 unspecified atom stereocenters. The van der Waals surface area contributed by atoms with Crippen molar-refractivity contribution in [1.82, 2.24) is 9.73 Å². The standard InChI is InChI=1S/C23H19Cl2F2N3O3S/c1-15-8-10-16(11-9-15)34(32,33)30(13-18-20(25)5-3-7-22(18)27)14-23(31)29-28-12-17-19(24)4-2-6-21(17)26/h2-12H,13-14H2,1H3,(H,29,31)/b28-12-. The maximum atomic E-state index is 14.4. The summed E-state index contributed by atoms with van der Waals surface area (Å²) in [4.78, 5) is 12.4. The zero-order valence-corrected chi connectivity index (χ0v) is 20.1. The lowest BCUT2D eigenvalue weighted by molar-refractivity contribution is -0.121. The number of carbonyl (C=O) groups excluding carboxylic acids is 1. The van der Waals surface area contributed by atoms with E-state index in [2.05, 4.69) is 10.5 Å². The van der Waals surface area contributed by atoms with Gasteiger partial charge in [0.1, 0.15) is 11.6 Å². The third-order valence-corrected chi connectivity index (χ3v) is 7.25. The highest BCUT2D eigenvalue weighted by Crippen LogP contribution is 2.25. The van der Waals surface area contributed by atoms with Gasteiger partial charge in [-0.3, -0.25) is 4.79 Å². The van der Waals surface area contributed by atoms with Gasteiger partial charge in [0, 0.05) is 22.7 Å². The molecular formula is C23H19Cl2F2N3O3S. The monoisotopic (exact) mass is 525 g/mol. The maximum Gasteiger partial charge on any atom is 0.255 e. The SMILES string of the molecule is Cc1ccc(S(=O)(=O)N(CC(=O)N/N=C\c2c(F)cccc2Cl)Cc2c(F)cccc2Cl)cc1. The number of hydrazone groups is 1. The van der Waals surface area contributed by atoms with Crippen LogP contribution in [0.4, 0.5) is 8.78 Å². The van der Waals surface area contributed by atoms with Gasteiger partial charge in [0.25, 0.3) is 5.91 Å². The molecule has 0 radical (unpaired) electrons. The van der Waals surface area contributed by atoms with Crippen LogP contribution in [0.5, 0.6) is 0 Å². The molecule has 0 saturated heterocycles. The summed E-state index contributed by atoms with van der Waals surface area (Å²) in [5, 5.41) is 3.74. The first kappa shape index (κ1) is 25.8. The molecule has 11 heteroatoms. The Bertz CT molecular complexity index is 1290. The minimum absolute atomic E-state index is 0.0109. The second-order valence-electron chi connectivity index (χ2n) is 7.21. The highest BCUT2D eigenvalue weighted by atomic mass is 35.5. The van der Waals surface area contributed by atoms with Crippen molar-refractivity contribution >= 4 is 45.3 Å². The lowest BCUT2D eigenvalue weighted by Gasteiger charge is -2.22. The Labute approximate surface area is 205 Å². The van der Waals surface area contributed by atoms with E-state index in [0.29, 0.717) is 0 Å². The predicted octanol–water partition coefficient (Wildman–Crippen LogP) is 4.92. The number of hydrogen-bond acceptors (Lipinski definition) is 4. The molecule has 0 heterocycles. The molecule has 1 amide bonds. The summed E-state index contributed by atoms with van der Waals surface area (Å²) in [5.41, 5.74) is 2.83. The number of rotatable bonds is 8. The molecule has 0 aromatic heterocycles. The van der Waals surface area contributed by atoms with E-state index in [1.54, 1.807) is 19.1 Å². The Hall–Kier alpha value is -2.85. The van der Waals surface area contributed by atoms with Crippen LogP contribution < -0.4 is 5.43 Å². The van der Waals surface area contributed by atoms with E-state index in [0.717, 1.165) is 22.1 Å². The number of amides is 1. The van der Waals surface area contributed by atoms with E-state index in [-0.39, 0.29) is 26.1 Å². The number of nitrogens with one attached hydrogen (secondary N) is 1. The number of sulfonamides is 1.